The van der Waals surface area contributed by atoms with E-state index in [2.05, 4.69) is 4.98 Å². The van der Waals surface area contributed by atoms with E-state index in [9.17, 15) is 18.0 Å². The first-order valence-electron chi connectivity index (χ1n) is 5.24. The van der Waals surface area contributed by atoms with Crippen molar-refractivity contribution in [2.75, 3.05) is 0 Å². The van der Waals surface area contributed by atoms with Gasteiger partial charge >= 0.3 is 12.1 Å². The van der Waals surface area contributed by atoms with Crippen molar-refractivity contribution in [2.24, 2.45) is 0 Å². The molecule has 0 saturated carbocycles. The van der Waals surface area contributed by atoms with Crippen LogP contribution in [0.5, 0.6) is 0 Å². The first kappa shape index (κ1) is 12.5. The van der Waals surface area contributed by atoms with Crippen molar-refractivity contribution < 1.29 is 23.1 Å². The summed E-state index contributed by atoms with van der Waals surface area (Å²) in [7, 11) is 0. The van der Waals surface area contributed by atoms with Gasteiger partial charge in [0, 0.05) is 11.7 Å². The largest absolute Gasteiger partial charge is 0.481 e. The molecule has 6 heteroatoms. The monoisotopic (exact) mass is 257 g/mol. The van der Waals surface area contributed by atoms with Gasteiger partial charge in [0.2, 0.25) is 0 Å². The molecule has 1 heterocycles. The molecule has 1 unspecified atom stereocenters. The van der Waals surface area contributed by atoms with Gasteiger partial charge in [-0.1, -0.05) is 18.2 Å². The van der Waals surface area contributed by atoms with E-state index in [-0.39, 0.29) is 5.56 Å². The number of carboxylic acid groups (broad SMARTS) is 1. The summed E-state index contributed by atoms with van der Waals surface area (Å²) in [4.78, 5) is 13.3. The molecule has 3 nitrogen and oxygen atoms in total. The van der Waals surface area contributed by atoms with E-state index < -0.39 is 24.5 Å². The molecule has 96 valence electrons. The number of hydrogen-bond donors (Lipinski definition) is 2. The van der Waals surface area contributed by atoms with Gasteiger partial charge in [-0.3, -0.25) is 4.79 Å². The van der Waals surface area contributed by atoms with Crippen molar-refractivity contribution in [3.05, 3.63) is 36.0 Å². The molecule has 2 rings (SSSR count). The van der Waals surface area contributed by atoms with E-state index in [0.717, 1.165) is 0 Å². The molecule has 1 aromatic heterocycles. The number of carbonyl (C=O) groups is 1. The summed E-state index contributed by atoms with van der Waals surface area (Å²) >= 11 is 0. The number of nitrogens with one attached hydrogen (secondary N) is 1. The van der Waals surface area contributed by atoms with E-state index in [1.165, 1.54) is 18.3 Å². The summed E-state index contributed by atoms with van der Waals surface area (Å²) < 4.78 is 38.8. The lowest BCUT2D eigenvalue weighted by Gasteiger charge is -2.19. The SMILES string of the molecule is O=C(O)CC(c1cccc2cc[nH]c12)C(F)(F)F. The van der Waals surface area contributed by atoms with Crippen LogP contribution < -0.4 is 0 Å². The predicted molar refractivity (Wildman–Crippen MR) is 59.3 cm³/mol. The average Bonchev–Trinajstić information content (AvgIpc) is 2.71. The third-order valence-electron chi connectivity index (χ3n) is 2.77. The first-order chi connectivity index (χ1) is 8.39. The van der Waals surface area contributed by atoms with Gasteiger partial charge in [0.15, 0.2) is 0 Å². The maximum absolute atomic E-state index is 12.9. The predicted octanol–water partition coefficient (Wildman–Crippen LogP) is 3.29. The van der Waals surface area contributed by atoms with Crippen molar-refractivity contribution in [1.82, 2.24) is 4.98 Å². The Morgan fingerprint density at radius 3 is 2.67 bits per heavy atom. The summed E-state index contributed by atoms with van der Waals surface area (Å²) in [5, 5.41) is 9.25. The van der Waals surface area contributed by atoms with E-state index in [1.807, 2.05) is 0 Å². The molecule has 0 aliphatic heterocycles. The van der Waals surface area contributed by atoms with E-state index in [1.54, 1.807) is 12.1 Å². The number of carboxylic acids is 1. The highest BCUT2D eigenvalue weighted by Gasteiger charge is 2.42. The standard InChI is InChI=1S/C12H10F3NO2/c13-12(14,15)9(6-10(17)18)8-3-1-2-7-4-5-16-11(7)8/h1-5,9,16H,6H2,(H,17,18). The van der Waals surface area contributed by atoms with Crippen LogP contribution in [-0.4, -0.2) is 22.2 Å². The van der Waals surface area contributed by atoms with Gasteiger partial charge in [-0.05, 0) is 17.0 Å². The van der Waals surface area contributed by atoms with Crippen molar-refractivity contribution in [2.45, 2.75) is 18.5 Å². The van der Waals surface area contributed by atoms with E-state index in [4.69, 9.17) is 5.11 Å². The molecule has 0 radical (unpaired) electrons. The van der Waals surface area contributed by atoms with Gasteiger partial charge < -0.3 is 10.1 Å². The summed E-state index contributed by atoms with van der Waals surface area (Å²) in [6.45, 7) is 0. The summed E-state index contributed by atoms with van der Waals surface area (Å²) in [6.07, 6.45) is -4.03. The molecular formula is C12H10F3NO2. The van der Waals surface area contributed by atoms with E-state index in [0.29, 0.717) is 10.9 Å². The number of H-pyrrole nitrogens is 1. The first-order valence-corrected chi connectivity index (χ1v) is 5.24. The van der Waals surface area contributed by atoms with Crippen molar-refractivity contribution >= 4 is 16.9 Å². The maximum atomic E-state index is 12.9. The number of aliphatic carboxylic acids is 1. The molecule has 1 aromatic carbocycles. The average molecular weight is 257 g/mol. The van der Waals surface area contributed by atoms with Crippen molar-refractivity contribution in [1.29, 1.82) is 0 Å². The highest BCUT2D eigenvalue weighted by atomic mass is 19.4. The van der Waals surface area contributed by atoms with E-state index >= 15 is 0 Å². The van der Waals surface area contributed by atoms with Crippen LogP contribution in [-0.2, 0) is 4.79 Å². The number of aromatic amines is 1. The molecule has 0 fully saturated rings. The minimum absolute atomic E-state index is 0.0348. The molecule has 0 aliphatic carbocycles. The van der Waals surface area contributed by atoms with Crippen molar-refractivity contribution in [3.8, 4) is 0 Å². The fourth-order valence-corrected chi connectivity index (χ4v) is 1.98. The number of hydrogen-bond acceptors (Lipinski definition) is 1. The lowest BCUT2D eigenvalue weighted by molar-refractivity contribution is -0.163. The number of para-hydroxylation sites is 1. The fourth-order valence-electron chi connectivity index (χ4n) is 1.98. The van der Waals surface area contributed by atoms with Crippen LogP contribution in [0.2, 0.25) is 0 Å². The highest BCUT2D eigenvalue weighted by Crippen LogP contribution is 2.39. The summed E-state index contributed by atoms with van der Waals surface area (Å²) in [5.41, 5.74) is 0.300. The quantitative estimate of drug-likeness (QED) is 0.886. The molecular weight excluding hydrogens is 247 g/mol. The van der Waals surface area contributed by atoms with Gasteiger partial charge in [0.1, 0.15) is 0 Å². The smallest absolute Gasteiger partial charge is 0.396 e. The van der Waals surface area contributed by atoms with Gasteiger partial charge in [-0.25, -0.2) is 0 Å². The number of rotatable bonds is 3. The van der Waals surface area contributed by atoms with Crippen LogP contribution >= 0.6 is 0 Å². The molecule has 0 saturated heterocycles. The van der Waals surface area contributed by atoms with Gasteiger partial charge in [-0.15, -0.1) is 0 Å². The summed E-state index contributed by atoms with van der Waals surface area (Å²) in [5.74, 6) is -3.47. The van der Waals surface area contributed by atoms with Gasteiger partial charge in [0.25, 0.3) is 0 Å². The van der Waals surface area contributed by atoms with Gasteiger partial charge in [-0.2, -0.15) is 13.2 Å². The number of aromatic nitrogens is 1. The number of fused-ring (bicyclic) bond motifs is 1. The molecule has 18 heavy (non-hydrogen) atoms. The summed E-state index contributed by atoms with van der Waals surface area (Å²) in [6, 6.07) is 6.11. The third-order valence-corrected chi connectivity index (χ3v) is 2.77. The zero-order valence-electron chi connectivity index (χ0n) is 9.16. The molecule has 0 bridgehead atoms. The Hall–Kier alpha value is -1.98. The topological polar surface area (TPSA) is 53.1 Å². The Morgan fingerprint density at radius 1 is 1.33 bits per heavy atom. The van der Waals surface area contributed by atoms with Crippen LogP contribution in [0.1, 0.15) is 17.9 Å². The van der Waals surface area contributed by atoms with Crippen LogP contribution in [0, 0.1) is 0 Å². The minimum atomic E-state index is -4.59. The molecule has 0 amide bonds. The Bertz CT molecular complexity index is 574. The second-order valence-electron chi connectivity index (χ2n) is 3.98. The molecule has 2 N–H and O–H groups in total. The zero-order chi connectivity index (χ0) is 13.3. The fraction of sp³-hybridized carbons (Fsp3) is 0.250. The molecule has 0 spiro atoms. The van der Waals surface area contributed by atoms with Crippen LogP contribution in [0.4, 0.5) is 13.2 Å². The molecule has 2 aromatic rings. The Morgan fingerprint density at radius 2 is 2.06 bits per heavy atom. The Kier molecular flexibility index (Phi) is 3.02. The second kappa shape index (κ2) is 4.36. The molecule has 0 aliphatic rings. The second-order valence-corrected chi connectivity index (χ2v) is 3.98. The number of benzene rings is 1. The highest BCUT2D eigenvalue weighted by molar-refractivity contribution is 5.83. The number of alkyl halides is 3. The van der Waals surface area contributed by atoms with Gasteiger partial charge in [0.05, 0.1) is 12.3 Å². The lowest BCUT2D eigenvalue weighted by atomic mass is 9.93. The Balaban J connectivity index is 2.54. The van der Waals surface area contributed by atoms with Crippen LogP contribution in [0.3, 0.4) is 0 Å². The van der Waals surface area contributed by atoms with Crippen molar-refractivity contribution in [3.63, 3.8) is 0 Å². The maximum Gasteiger partial charge on any atom is 0.396 e. The van der Waals surface area contributed by atoms with Crippen LogP contribution in [0.15, 0.2) is 30.5 Å². The third kappa shape index (κ3) is 2.32. The zero-order valence-corrected chi connectivity index (χ0v) is 9.16. The van der Waals surface area contributed by atoms with Crippen LogP contribution in [0.25, 0.3) is 10.9 Å². The lowest BCUT2D eigenvalue weighted by Crippen LogP contribution is -2.23. The minimum Gasteiger partial charge on any atom is -0.481 e. The Labute approximate surface area is 100 Å². The number of halogens is 3. The molecule has 1 atom stereocenters. The normalized spacial score (nSPS) is 13.7.